The second-order valence-electron chi connectivity index (χ2n) is 4.72. The van der Waals surface area contributed by atoms with Crippen LogP contribution in [-0.2, 0) is 14.6 Å². The molecule has 0 bridgehead atoms. The van der Waals surface area contributed by atoms with Gasteiger partial charge in [0.05, 0.1) is 24.5 Å². The van der Waals surface area contributed by atoms with Crippen molar-refractivity contribution in [2.75, 3.05) is 18.1 Å². The molecule has 0 aliphatic carbocycles. The molecule has 5 nitrogen and oxygen atoms in total. The predicted molar refractivity (Wildman–Crippen MR) is 76.8 cm³/mol. The van der Waals surface area contributed by atoms with E-state index in [9.17, 15) is 13.2 Å². The average Bonchev–Trinajstić information content (AvgIpc) is 2.71. The van der Waals surface area contributed by atoms with Gasteiger partial charge in [0.15, 0.2) is 9.84 Å². The molecule has 1 heterocycles. The Kier molecular flexibility index (Phi) is 4.88. The third-order valence-electron chi connectivity index (χ3n) is 3.01. The molecule has 0 saturated carbocycles. The zero-order valence-corrected chi connectivity index (χ0v) is 12.4. The molecule has 0 spiro atoms. The van der Waals surface area contributed by atoms with Crippen LogP contribution < -0.4 is 10.1 Å². The summed E-state index contributed by atoms with van der Waals surface area (Å²) in [5.74, 6) is 0.641. The molecular formula is C13H16ClNO4S. The molecule has 1 aliphatic heterocycles. The lowest BCUT2D eigenvalue weighted by atomic mass is 10.2. The van der Waals surface area contributed by atoms with E-state index in [1.165, 1.54) is 0 Å². The van der Waals surface area contributed by atoms with E-state index in [0.29, 0.717) is 17.2 Å². The van der Waals surface area contributed by atoms with Gasteiger partial charge >= 0.3 is 0 Å². The number of carbonyl (C=O) groups excluding carboxylic acids is 1. The van der Waals surface area contributed by atoms with Crippen molar-refractivity contribution in [1.29, 1.82) is 0 Å². The van der Waals surface area contributed by atoms with Gasteiger partial charge < -0.3 is 10.1 Å². The summed E-state index contributed by atoms with van der Waals surface area (Å²) >= 11 is 5.75. The SMILES string of the molecule is O=C(CCOc1ccc(Cl)cc1)N[C@@H]1CCS(=O)(=O)C1. The van der Waals surface area contributed by atoms with Crippen molar-refractivity contribution in [2.45, 2.75) is 18.9 Å². The fraction of sp³-hybridized carbons (Fsp3) is 0.462. The smallest absolute Gasteiger partial charge is 0.223 e. The fourth-order valence-corrected chi connectivity index (χ4v) is 3.80. The van der Waals surface area contributed by atoms with Gasteiger partial charge in [-0.15, -0.1) is 0 Å². The van der Waals surface area contributed by atoms with Crippen LogP contribution in [0.2, 0.25) is 5.02 Å². The van der Waals surface area contributed by atoms with Gasteiger partial charge in [-0.25, -0.2) is 8.42 Å². The Morgan fingerprint density at radius 1 is 1.35 bits per heavy atom. The molecule has 1 N–H and O–H groups in total. The summed E-state index contributed by atoms with van der Waals surface area (Å²) in [6.45, 7) is 0.243. The summed E-state index contributed by atoms with van der Waals surface area (Å²) in [4.78, 5) is 11.6. The van der Waals surface area contributed by atoms with Gasteiger partial charge in [0.25, 0.3) is 0 Å². The van der Waals surface area contributed by atoms with Gasteiger partial charge in [-0.2, -0.15) is 0 Å². The van der Waals surface area contributed by atoms with E-state index in [1.54, 1.807) is 24.3 Å². The molecule has 1 saturated heterocycles. The number of sulfone groups is 1. The zero-order valence-electron chi connectivity index (χ0n) is 10.8. The van der Waals surface area contributed by atoms with E-state index in [-0.39, 0.29) is 36.5 Å². The Hall–Kier alpha value is -1.27. The van der Waals surface area contributed by atoms with E-state index >= 15 is 0 Å². The second kappa shape index (κ2) is 6.45. The van der Waals surface area contributed by atoms with Crippen molar-refractivity contribution < 1.29 is 17.9 Å². The lowest BCUT2D eigenvalue weighted by Crippen LogP contribution is -2.36. The largest absolute Gasteiger partial charge is 0.493 e. The van der Waals surface area contributed by atoms with Crippen molar-refractivity contribution in [3.63, 3.8) is 0 Å². The van der Waals surface area contributed by atoms with Crippen LogP contribution in [0.1, 0.15) is 12.8 Å². The quantitative estimate of drug-likeness (QED) is 0.891. The standard InChI is InChI=1S/C13H16ClNO4S/c14-10-1-3-12(4-2-10)19-7-5-13(16)15-11-6-8-20(17,18)9-11/h1-4,11H,5-9H2,(H,15,16)/t11-/m1/s1. The van der Waals surface area contributed by atoms with E-state index in [4.69, 9.17) is 16.3 Å². The maximum absolute atomic E-state index is 11.6. The van der Waals surface area contributed by atoms with Crippen LogP contribution in [-0.4, -0.2) is 38.5 Å². The molecule has 20 heavy (non-hydrogen) atoms. The Morgan fingerprint density at radius 2 is 2.05 bits per heavy atom. The first kappa shape index (κ1) is 15.1. The number of amides is 1. The number of halogens is 1. The zero-order chi connectivity index (χ0) is 14.6. The third kappa shape index (κ3) is 4.68. The van der Waals surface area contributed by atoms with E-state index < -0.39 is 9.84 Å². The predicted octanol–water partition coefficient (Wildman–Crippen LogP) is 1.41. The van der Waals surface area contributed by atoms with Crippen LogP contribution in [0.25, 0.3) is 0 Å². The summed E-state index contributed by atoms with van der Waals surface area (Å²) in [5, 5.41) is 3.33. The first-order chi connectivity index (χ1) is 9.44. The van der Waals surface area contributed by atoms with Gasteiger partial charge in [-0.3, -0.25) is 4.79 Å². The number of hydrogen-bond acceptors (Lipinski definition) is 4. The number of ether oxygens (including phenoxy) is 1. The summed E-state index contributed by atoms with van der Waals surface area (Å²) in [6, 6.07) is 6.61. The fourth-order valence-electron chi connectivity index (χ4n) is 2.00. The molecular weight excluding hydrogens is 302 g/mol. The Labute approximate surface area is 123 Å². The van der Waals surface area contributed by atoms with Crippen LogP contribution in [0.5, 0.6) is 5.75 Å². The summed E-state index contributed by atoms with van der Waals surface area (Å²) in [5.41, 5.74) is 0. The van der Waals surface area contributed by atoms with E-state index in [2.05, 4.69) is 5.32 Å². The molecule has 0 unspecified atom stereocenters. The summed E-state index contributed by atoms with van der Waals surface area (Å²) < 4.78 is 27.9. The minimum Gasteiger partial charge on any atom is -0.493 e. The molecule has 1 atom stereocenters. The molecule has 7 heteroatoms. The van der Waals surface area contributed by atoms with Crippen LogP contribution in [0.4, 0.5) is 0 Å². The van der Waals surface area contributed by atoms with Crippen molar-refractivity contribution in [3.05, 3.63) is 29.3 Å². The highest BCUT2D eigenvalue weighted by Crippen LogP contribution is 2.15. The Balaban J connectivity index is 1.69. The highest BCUT2D eigenvalue weighted by atomic mass is 35.5. The molecule has 1 fully saturated rings. The van der Waals surface area contributed by atoms with E-state index in [1.807, 2.05) is 0 Å². The molecule has 2 rings (SSSR count). The minimum absolute atomic E-state index is 0.0385. The summed E-state index contributed by atoms with van der Waals surface area (Å²) in [7, 11) is -2.97. The van der Waals surface area contributed by atoms with Gasteiger partial charge in [0, 0.05) is 11.1 Å². The van der Waals surface area contributed by atoms with Gasteiger partial charge in [-0.05, 0) is 30.7 Å². The van der Waals surface area contributed by atoms with Gasteiger partial charge in [0.1, 0.15) is 5.75 Å². The molecule has 0 aromatic heterocycles. The average molecular weight is 318 g/mol. The maximum atomic E-state index is 11.6. The first-order valence-electron chi connectivity index (χ1n) is 6.33. The Morgan fingerprint density at radius 3 is 2.65 bits per heavy atom. The van der Waals surface area contributed by atoms with Gasteiger partial charge in [0.2, 0.25) is 5.91 Å². The van der Waals surface area contributed by atoms with E-state index in [0.717, 1.165) is 0 Å². The normalized spacial score (nSPS) is 20.6. The van der Waals surface area contributed by atoms with Crippen LogP contribution in [0, 0.1) is 0 Å². The minimum atomic E-state index is -2.97. The topological polar surface area (TPSA) is 72.5 Å². The van der Waals surface area contributed by atoms with Crippen molar-refractivity contribution in [1.82, 2.24) is 5.32 Å². The van der Waals surface area contributed by atoms with Crippen LogP contribution in [0.3, 0.4) is 0 Å². The van der Waals surface area contributed by atoms with Crippen molar-refractivity contribution in [3.8, 4) is 5.75 Å². The lowest BCUT2D eigenvalue weighted by molar-refractivity contribution is -0.122. The summed E-state index contributed by atoms with van der Waals surface area (Å²) in [6.07, 6.45) is 0.686. The van der Waals surface area contributed by atoms with Crippen LogP contribution in [0.15, 0.2) is 24.3 Å². The molecule has 110 valence electrons. The number of carbonyl (C=O) groups is 1. The number of hydrogen-bond donors (Lipinski definition) is 1. The number of benzene rings is 1. The molecule has 1 amide bonds. The highest BCUT2D eigenvalue weighted by Gasteiger charge is 2.28. The lowest BCUT2D eigenvalue weighted by Gasteiger charge is -2.11. The van der Waals surface area contributed by atoms with Gasteiger partial charge in [-0.1, -0.05) is 11.6 Å². The molecule has 1 aromatic rings. The first-order valence-corrected chi connectivity index (χ1v) is 8.53. The monoisotopic (exact) mass is 317 g/mol. The van der Waals surface area contributed by atoms with Crippen LogP contribution >= 0.6 is 11.6 Å². The second-order valence-corrected chi connectivity index (χ2v) is 7.39. The highest BCUT2D eigenvalue weighted by molar-refractivity contribution is 7.91. The number of nitrogens with one attached hydrogen (secondary N) is 1. The number of rotatable bonds is 5. The molecule has 0 radical (unpaired) electrons. The molecule has 1 aliphatic rings. The van der Waals surface area contributed by atoms with Crippen molar-refractivity contribution >= 4 is 27.3 Å². The molecule has 1 aromatic carbocycles. The maximum Gasteiger partial charge on any atom is 0.223 e. The Bertz CT molecular complexity index is 571. The van der Waals surface area contributed by atoms with Crippen molar-refractivity contribution in [2.24, 2.45) is 0 Å². The third-order valence-corrected chi connectivity index (χ3v) is 5.03.